The van der Waals surface area contributed by atoms with Gasteiger partial charge in [-0.3, -0.25) is 0 Å². The van der Waals surface area contributed by atoms with Crippen LogP contribution < -0.4 is 5.73 Å². The molecule has 1 rings (SSSR count). The monoisotopic (exact) mass is 199 g/mol. The molecule has 1 nitrogen and oxygen atoms in total. The van der Waals surface area contributed by atoms with Crippen LogP contribution >= 0.6 is 0 Å². The van der Waals surface area contributed by atoms with Gasteiger partial charge >= 0.3 is 0 Å². The number of halogens is 2. The minimum atomic E-state index is -0.741. The third-order valence-electron chi connectivity index (χ3n) is 2.28. The van der Waals surface area contributed by atoms with Gasteiger partial charge in [0.1, 0.15) is 12.5 Å². The molecule has 0 saturated heterocycles. The molecule has 3 heteroatoms. The van der Waals surface area contributed by atoms with E-state index in [0.717, 1.165) is 18.4 Å². The van der Waals surface area contributed by atoms with E-state index >= 15 is 0 Å². The van der Waals surface area contributed by atoms with Gasteiger partial charge < -0.3 is 5.73 Å². The maximum atomic E-state index is 13.3. The molecule has 1 aromatic rings. The molecule has 0 heterocycles. The molecule has 0 atom stereocenters. The molecule has 2 N–H and O–H groups in total. The van der Waals surface area contributed by atoms with Gasteiger partial charge in [0.2, 0.25) is 0 Å². The molecule has 0 aliphatic carbocycles. The molecular formula is C11H15F2N. The fourth-order valence-corrected chi connectivity index (χ4v) is 1.46. The van der Waals surface area contributed by atoms with Crippen molar-refractivity contribution in [2.75, 3.05) is 6.54 Å². The molecule has 0 saturated carbocycles. The van der Waals surface area contributed by atoms with Gasteiger partial charge in [0.25, 0.3) is 0 Å². The molecule has 0 unspecified atom stereocenters. The summed E-state index contributed by atoms with van der Waals surface area (Å²) in [5, 5.41) is 0. The van der Waals surface area contributed by atoms with Crippen LogP contribution in [0.5, 0.6) is 0 Å². The Hall–Kier alpha value is -0.960. The molecule has 1 aromatic carbocycles. The summed E-state index contributed by atoms with van der Waals surface area (Å²) in [7, 11) is 0. The minimum Gasteiger partial charge on any atom is -0.330 e. The lowest BCUT2D eigenvalue weighted by Crippen LogP contribution is -2.02. The summed E-state index contributed by atoms with van der Waals surface area (Å²) in [5.41, 5.74) is 7.09. The van der Waals surface area contributed by atoms with Gasteiger partial charge in [0, 0.05) is 5.56 Å². The van der Waals surface area contributed by atoms with E-state index in [0.29, 0.717) is 12.1 Å². The third-order valence-corrected chi connectivity index (χ3v) is 2.28. The van der Waals surface area contributed by atoms with Crippen LogP contribution in [0.25, 0.3) is 0 Å². The van der Waals surface area contributed by atoms with E-state index in [1.54, 1.807) is 6.92 Å². The van der Waals surface area contributed by atoms with Crippen LogP contribution in [0.1, 0.15) is 23.1 Å². The highest BCUT2D eigenvalue weighted by Crippen LogP contribution is 2.17. The van der Waals surface area contributed by atoms with Gasteiger partial charge in [-0.1, -0.05) is 6.07 Å². The van der Waals surface area contributed by atoms with Crippen molar-refractivity contribution in [1.29, 1.82) is 0 Å². The minimum absolute atomic E-state index is 0.168. The molecule has 0 aliphatic heterocycles. The topological polar surface area (TPSA) is 26.0 Å². The second-order valence-corrected chi connectivity index (χ2v) is 3.40. The zero-order valence-corrected chi connectivity index (χ0v) is 8.32. The predicted molar refractivity (Wildman–Crippen MR) is 53.3 cm³/mol. The smallest absolute Gasteiger partial charge is 0.129 e. The average Bonchev–Trinajstić information content (AvgIpc) is 2.14. The van der Waals surface area contributed by atoms with E-state index in [2.05, 4.69) is 0 Å². The molecule has 14 heavy (non-hydrogen) atoms. The molecular weight excluding hydrogens is 184 g/mol. The van der Waals surface area contributed by atoms with Crippen LogP contribution in [-0.4, -0.2) is 6.54 Å². The van der Waals surface area contributed by atoms with Crippen LogP contribution in [0.15, 0.2) is 12.1 Å². The normalized spacial score (nSPS) is 10.6. The van der Waals surface area contributed by atoms with E-state index in [-0.39, 0.29) is 5.56 Å². The Bertz CT molecular complexity index is 287. The van der Waals surface area contributed by atoms with Crippen LogP contribution in [0.3, 0.4) is 0 Å². The Morgan fingerprint density at radius 1 is 1.36 bits per heavy atom. The molecule has 78 valence electrons. The Kier molecular flexibility index (Phi) is 4.01. The Morgan fingerprint density at radius 3 is 2.57 bits per heavy atom. The van der Waals surface area contributed by atoms with E-state index in [1.807, 2.05) is 6.07 Å². The van der Waals surface area contributed by atoms with Crippen molar-refractivity contribution in [3.8, 4) is 0 Å². The highest BCUT2D eigenvalue weighted by Gasteiger charge is 2.07. The predicted octanol–water partition coefficient (Wildman–Crippen LogP) is 2.49. The number of rotatable bonds is 4. The lowest BCUT2D eigenvalue weighted by molar-refractivity contribution is 0.461. The molecule has 0 aliphatic rings. The van der Waals surface area contributed by atoms with Crippen molar-refractivity contribution < 1.29 is 8.78 Å². The van der Waals surface area contributed by atoms with Crippen LogP contribution in [-0.2, 0) is 13.1 Å². The number of benzene rings is 1. The standard InChI is InChI=1S/C11H15F2N/c1-8-5-9(3-2-4-14)6-11(13)10(8)7-12/h5-6H,2-4,7,14H2,1H3. The summed E-state index contributed by atoms with van der Waals surface area (Å²) in [6.45, 7) is 1.57. The second kappa shape index (κ2) is 5.05. The van der Waals surface area contributed by atoms with Gasteiger partial charge in [-0.05, 0) is 43.5 Å². The molecule has 0 radical (unpaired) electrons. The zero-order chi connectivity index (χ0) is 10.6. The molecule has 0 spiro atoms. The van der Waals surface area contributed by atoms with Crippen molar-refractivity contribution in [3.63, 3.8) is 0 Å². The number of nitrogens with two attached hydrogens (primary N) is 1. The molecule has 0 fully saturated rings. The van der Waals surface area contributed by atoms with Crippen molar-refractivity contribution >= 4 is 0 Å². The number of hydrogen-bond acceptors (Lipinski definition) is 1. The van der Waals surface area contributed by atoms with Crippen molar-refractivity contribution in [1.82, 2.24) is 0 Å². The lowest BCUT2D eigenvalue weighted by atomic mass is 10.0. The SMILES string of the molecule is Cc1cc(CCCN)cc(F)c1CF. The fourth-order valence-electron chi connectivity index (χ4n) is 1.46. The fraction of sp³-hybridized carbons (Fsp3) is 0.455. The first kappa shape index (κ1) is 11.1. The quantitative estimate of drug-likeness (QED) is 0.792. The molecule has 0 bridgehead atoms. The first-order valence-corrected chi connectivity index (χ1v) is 4.73. The highest BCUT2D eigenvalue weighted by atomic mass is 19.1. The maximum Gasteiger partial charge on any atom is 0.129 e. The number of aryl methyl sites for hydroxylation is 2. The van der Waals surface area contributed by atoms with Crippen molar-refractivity contribution in [2.45, 2.75) is 26.4 Å². The molecule has 0 aromatic heterocycles. The van der Waals surface area contributed by atoms with Crippen LogP contribution in [0.4, 0.5) is 8.78 Å². The summed E-state index contributed by atoms with van der Waals surface area (Å²) >= 11 is 0. The van der Waals surface area contributed by atoms with E-state index in [1.165, 1.54) is 6.07 Å². The second-order valence-electron chi connectivity index (χ2n) is 3.40. The summed E-state index contributed by atoms with van der Waals surface area (Å²) in [5.74, 6) is -0.445. The summed E-state index contributed by atoms with van der Waals surface area (Å²) in [4.78, 5) is 0. The largest absolute Gasteiger partial charge is 0.330 e. The Labute approximate surface area is 82.9 Å². The highest BCUT2D eigenvalue weighted by molar-refractivity contribution is 5.32. The average molecular weight is 199 g/mol. The van der Waals surface area contributed by atoms with E-state index in [9.17, 15) is 8.78 Å². The summed E-state index contributed by atoms with van der Waals surface area (Å²) in [6, 6.07) is 3.23. The third kappa shape index (κ3) is 2.51. The van der Waals surface area contributed by atoms with Gasteiger partial charge in [-0.2, -0.15) is 0 Å². The van der Waals surface area contributed by atoms with E-state index in [4.69, 9.17) is 5.73 Å². The summed E-state index contributed by atoms with van der Waals surface area (Å²) < 4.78 is 25.6. The Balaban J connectivity index is 2.90. The Morgan fingerprint density at radius 2 is 2.07 bits per heavy atom. The van der Waals surface area contributed by atoms with Crippen LogP contribution in [0, 0.1) is 12.7 Å². The van der Waals surface area contributed by atoms with Gasteiger partial charge in [-0.15, -0.1) is 0 Å². The van der Waals surface area contributed by atoms with Gasteiger partial charge in [0.15, 0.2) is 0 Å². The first-order valence-electron chi connectivity index (χ1n) is 4.73. The van der Waals surface area contributed by atoms with E-state index < -0.39 is 12.5 Å². The van der Waals surface area contributed by atoms with Gasteiger partial charge in [-0.25, -0.2) is 8.78 Å². The lowest BCUT2D eigenvalue weighted by Gasteiger charge is -2.07. The summed E-state index contributed by atoms with van der Waals surface area (Å²) in [6.07, 6.45) is 1.58. The number of alkyl halides is 1. The van der Waals surface area contributed by atoms with Crippen molar-refractivity contribution in [3.05, 3.63) is 34.6 Å². The number of hydrogen-bond donors (Lipinski definition) is 1. The van der Waals surface area contributed by atoms with Crippen LogP contribution in [0.2, 0.25) is 0 Å². The van der Waals surface area contributed by atoms with Crippen molar-refractivity contribution in [2.24, 2.45) is 5.73 Å². The maximum absolute atomic E-state index is 13.3. The first-order chi connectivity index (χ1) is 6.69. The van der Waals surface area contributed by atoms with Gasteiger partial charge in [0.05, 0.1) is 0 Å². The zero-order valence-electron chi connectivity index (χ0n) is 8.32. The molecule has 0 amide bonds.